The molecule has 0 spiro atoms. The number of rotatable bonds is 4. The second-order valence-electron chi connectivity index (χ2n) is 4.12. The maximum Gasteiger partial charge on any atom is 0.345 e. The van der Waals surface area contributed by atoms with Crippen LogP contribution in [0.4, 0.5) is 4.39 Å². The standard InChI is InChI=1S/C12H13FO3/c1-7-6-9(13)4-5-10(7)16-11(12(14)15)8-2-3-8/h4-6,8,11H,2-3H2,1H3,(H,14,15). The van der Waals surface area contributed by atoms with Crippen molar-refractivity contribution in [2.75, 3.05) is 0 Å². The van der Waals surface area contributed by atoms with Gasteiger partial charge in [-0.15, -0.1) is 0 Å². The maximum atomic E-state index is 12.8. The minimum Gasteiger partial charge on any atom is -0.478 e. The summed E-state index contributed by atoms with van der Waals surface area (Å²) in [4.78, 5) is 11.0. The molecule has 1 saturated carbocycles. The average molecular weight is 224 g/mol. The van der Waals surface area contributed by atoms with E-state index >= 15 is 0 Å². The zero-order chi connectivity index (χ0) is 11.7. The van der Waals surface area contributed by atoms with Crippen LogP contribution in [0.5, 0.6) is 5.75 Å². The van der Waals surface area contributed by atoms with E-state index in [9.17, 15) is 9.18 Å². The second-order valence-corrected chi connectivity index (χ2v) is 4.12. The van der Waals surface area contributed by atoms with Gasteiger partial charge < -0.3 is 9.84 Å². The molecule has 1 aromatic carbocycles. The Bertz CT molecular complexity index is 413. The highest BCUT2D eigenvalue weighted by atomic mass is 19.1. The smallest absolute Gasteiger partial charge is 0.345 e. The van der Waals surface area contributed by atoms with Crippen molar-refractivity contribution >= 4 is 5.97 Å². The van der Waals surface area contributed by atoms with Gasteiger partial charge in [0.15, 0.2) is 6.10 Å². The predicted octanol–water partition coefficient (Wildman–Crippen LogP) is 2.38. The minimum absolute atomic E-state index is 0.0990. The lowest BCUT2D eigenvalue weighted by Gasteiger charge is -2.15. The van der Waals surface area contributed by atoms with Gasteiger partial charge in [0.1, 0.15) is 11.6 Å². The van der Waals surface area contributed by atoms with Crippen molar-refractivity contribution < 1.29 is 19.0 Å². The third kappa shape index (κ3) is 2.32. The molecule has 4 heteroatoms. The van der Waals surface area contributed by atoms with Crippen molar-refractivity contribution in [3.8, 4) is 5.75 Å². The van der Waals surface area contributed by atoms with Crippen molar-refractivity contribution in [1.29, 1.82) is 0 Å². The number of aryl methyl sites for hydroxylation is 1. The molecule has 0 radical (unpaired) electrons. The van der Waals surface area contributed by atoms with Gasteiger partial charge in [-0.25, -0.2) is 9.18 Å². The molecule has 1 aliphatic rings. The number of aliphatic carboxylic acids is 1. The second kappa shape index (κ2) is 4.12. The van der Waals surface area contributed by atoms with Crippen LogP contribution < -0.4 is 4.74 Å². The van der Waals surface area contributed by atoms with Crippen LogP contribution in [-0.4, -0.2) is 17.2 Å². The molecular weight excluding hydrogens is 211 g/mol. The average Bonchev–Trinajstić information content (AvgIpc) is 2.99. The molecule has 1 atom stereocenters. The minimum atomic E-state index is -0.953. The van der Waals surface area contributed by atoms with Crippen LogP contribution in [0.15, 0.2) is 18.2 Å². The Labute approximate surface area is 92.9 Å². The first-order valence-corrected chi connectivity index (χ1v) is 5.23. The largest absolute Gasteiger partial charge is 0.478 e. The number of carboxylic acid groups (broad SMARTS) is 1. The first kappa shape index (κ1) is 10.9. The topological polar surface area (TPSA) is 46.5 Å². The summed E-state index contributed by atoms with van der Waals surface area (Å²) in [5.41, 5.74) is 0.617. The maximum absolute atomic E-state index is 12.8. The van der Waals surface area contributed by atoms with Crippen molar-refractivity contribution in [2.45, 2.75) is 25.9 Å². The van der Waals surface area contributed by atoms with E-state index in [2.05, 4.69) is 0 Å². The van der Waals surface area contributed by atoms with Gasteiger partial charge in [-0.2, -0.15) is 0 Å². The van der Waals surface area contributed by atoms with Gasteiger partial charge in [-0.05, 0) is 43.5 Å². The summed E-state index contributed by atoms with van der Waals surface area (Å²) in [5.74, 6) is -0.753. The number of carbonyl (C=O) groups is 1. The molecule has 1 aromatic rings. The van der Waals surface area contributed by atoms with Crippen LogP contribution in [-0.2, 0) is 4.79 Å². The molecule has 3 nitrogen and oxygen atoms in total. The Morgan fingerprint density at radius 2 is 2.25 bits per heavy atom. The Hall–Kier alpha value is -1.58. The molecule has 1 aliphatic carbocycles. The number of carboxylic acids is 1. The zero-order valence-electron chi connectivity index (χ0n) is 8.94. The van der Waals surface area contributed by atoms with Crippen LogP contribution in [0.25, 0.3) is 0 Å². The summed E-state index contributed by atoms with van der Waals surface area (Å²) in [5, 5.41) is 8.99. The van der Waals surface area contributed by atoms with E-state index in [0.29, 0.717) is 11.3 Å². The third-order valence-corrected chi connectivity index (χ3v) is 2.68. The van der Waals surface area contributed by atoms with Gasteiger partial charge in [-0.3, -0.25) is 0 Å². The normalized spacial score (nSPS) is 16.9. The van der Waals surface area contributed by atoms with Gasteiger partial charge >= 0.3 is 5.97 Å². The quantitative estimate of drug-likeness (QED) is 0.854. The van der Waals surface area contributed by atoms with Crippen LogP contribution >= 0.6 is 0 Å². The molecule has 0 heterocycles. The highest BCUT2D eigenvalue weighted by Gasteiger charge is 2.38. The van der Waals surface area contributed by atoms with Crippen molar-refractivity contribution in [1.82, 2.24) is 0 Å². The van der Waals surface area contributed by atoms with E-state index in [1.807, 2.05) is 0 Å². The monoisotopic (exact) mass is 224 g/mol. The molecular formula is C12H13FO3. The Balaban J connectivity index is 2.15. The van der Waals surface area contributed by atoms with E-state index in [-0.39, 0.29) is 11.7 Å². The van der Waals surface area contributed by atoms with Crippen LogP contribution in [0.1, 0.15) is 18.4 Å². The molecule has 0 bridgehead atoms. The molecule has 0 aliphatic heterocycles. The highest BCUT2D eigenvalue weighted by Crippen LogP contribution is 2.35. The third-order valence-electron chi connectivity index (χ3n) is 2.68. The van der Waals surface area contributed by atoms with E-state index < -0.39 is 12.1 Å². The van der Waals surface area contributed by atoms with Gasteiger partial charge in [0.05, 0.1) is 0 Å². The first-order chi connectivity index (χ1) is 7.58. The number of ether oxygens (including phenoxy) is 1. The first-order valence-electron chi connectivity index (χ1n) is 5.23. The molecule has 1 unspecified atom stereocenters. The van der Waals surface area contributed by atoms with Crippen LogP contribution in [0.2, 0.25) is 0 Å². The summed E-state index contributed by atoms with van der Waals surface area (Å²) in [6, 6.07) is 4.08. The fourth-order valence-corrected chi connectivity index (χ4v) is 1.63. The van der Waals surface area contributed by atoms with E-state index in [0.717, 1.165) is 12.8 Å². The Kier molecular flexibility index (Phi) is 2.81. The molecule has 0 amide bonds. The van der Waals surface area contributed by atoms with E-state index in [1.54, 1.807) is 6.92 Å². The lowest BCUT2D eigenvalue weighted by Crippen LogP contribution is -2.29. The molecule has 1 N–H and O–H groups in total. The lowest BCUT2D eigenvalue weighted by molar-refractivity contribution is -0.146. The number of benzene rings is 1. The molecule has 86 valence electrons. The molecule has 0 saturated heterocycles. The van der Waals surface area contributed by atoms with Gasteiger partial charge in [0.2, 0.25) is 0 Å². The molecule has 16 heavy (non-hydrogen) atoms. The number of hydrogen-bond donors (Lipinski definition) is 1. The van der Waals surface area contributed by atoms with Crippen molar-refractivity contribution in [3.63, 3.8) is 0 Å². The van der Waals surface area contributed by atoms with Gasteiger partial charge in [-0.1, -0.05) is 0 Å². The summed E-state index contributed by atoms with van der Waals surface area (Å²) in [6.45, 7) is 1.70. The van der Waals surface area contributed by atoms with E-state index in [1.165, 1.54) is 18.2 Å². The Morgan fingerprint density at radius 3 is 2.75 bits per heavy atom. The highest BCUT2D eigenvalue weighted by molar-refractivity contribution is 5.73. The summed E-state index contributed by atoms with van der Waals surface area (Å²) < 4.78 is 18.3. The molecule has 0 aromatic heterocycles. The molecule has 2 rings (SSSR count). The zero-order valence-corrected chi connectivity index (χ0v) is 8.94. The van der Waals surface area contributed by atoms with Crippen molar-refractivity contribution in [3.05, 3.63) is 29.6 Å². The van der Waals surface area contributed by atoms with Crippen molar-refractivity contribution in [2.24, 2.45) is 5.92 Å². The number of halogens is 1. The Morgan fingerprint density at radius 1 is 1.56 bits per heavy atom. The van der Waals surface area contributed by atoms with Gasteiger partial charge in [0, 0.05) is 5.92 Å². The summed E-state index contributed by atoms with van der Waals surface area (Å²) in [7, 11) is 0. The predicted molar refractivity (Wildman–Crippen MR) is 55.9 cm³/mol. The SMILES string of the molecule is Cc1cc(F)ccc1OC(C(=O)O)C1CC1. The number of hydrogen-bond acceptors (Lipinski definition) is 2. The van der Waals surface area contributed by atoms with E-state index in [4.69, 9.17) is 9.84 Å². The van der Waals surface area contributed by atoms with Gasteiger partial charge in [0.25, 0.3) is 0 Å². The summed E-state index contributed by atoms with van der Waals surface area (Å²) in [6.07, 6.45) is 0.971. The lowest BCUT2D eigenvalue weighted by atomic mass is 10.2. The van der Waals surface area contributed by atoms with Crippen LogP contribution in [0.3, 0.4) is 0 Å². The fourth-order valence-electron chi connectivity index (χ4n) is 1.63. The molecule has 1 fully saturated rings. The fraction of sp³-hybridized carbons (Fsp3) is 0.417. The summed E-state index contributed by atoms with van der Waals surface area (Å²) >= 11 is 0. The van der Waals surface area contributed by atoms with Crippen LogP contribution in [0, 0.1) is 18.7 Å².